The second-order valence-corrected chi connectivity index (χ2v) is 8.30. The minimum Gasteiger partial charge on any atom is -0.550 e. The van der Waals surface area contributed by atoms with Gasteiger partial charge in [-0.05, 0) is 50.1 Å². The first-order chi connectivity index (χ1) is 13.8. The molecule has 1 aliphatic rings. The van der Waals surface area contributed by atoms with Crippen LogP contribution in [-0.4, -0.2) is 30.3 Å². The number of carboxylic acids is 1. The average Bonchev–Trinajstić information content (AvgIpc) is 2.68. The Bertz CT molecular complexity index is 1050. The van der Waals surface area contributed by atoms with E-state index in [1.54, 1.807) is 25.1 Å². The zero-order valence-electron chi connectivity index (χ0n) is 15.5. The van der Waals surface area contributed by atoms with Crippen molar-refractivity contribution in [2.45, 2.75) is 24.7 Å². The zero-order chi connectivity index (χ0) is 21.0. The van der Waals surface area contributed by atoms with Crippen molar-refractivity contribution in [1.82, 2.24) is 9.97 Å². The Labute approximate surface area is 167 Å². The Balaban J connectivity index is 1.70. The van der Waals surface area contributed by atoms with Gasteiger partial charge in [0.2, 0.25) is 11.9 Å². The molecular formula is C19H19N4O5S-. The predicted octanol–water partition coefficient (Wildman–Crippen LogP) is 0.857. The van der Waals surface area contributed by atoms with E-state index in [1.165, 1.54) is 30.5 Å². The van der Waals surface area contributed by atoms with E-state index in [0.29, 0.717) is 17.8 Å². The molecule has 0 aliphatic heterocycles. The number of aliphatic carboxylic acids is 1. The molecular weight excluding hydrogens is 396 g/mol. The van der Waals surface area contributed by atoms with E-state index in [-0.39, 0.29) is 17.3 Å². The number of hydrogen-bond acceptors (Lipinski definition) is 7. The van der Waals surface area contributed by atoms with Crippen LogP contribution in [0.25, 0.3) is 0 Å². The Morgan fingerprint density at radius 2 is 1.72 bits per heavy atom. The summed E-state index contributed by atoms with van der Waals surface area (Å²) >= 11 is 0. The largest absolute Gasteiger partial charge is 0.550 e. The number of aromatic nitrogens is 2. The highest BCUT2D eigenvalue weighted by atomic mass is 32.2. The smallest absolute Gasteiger partial charge is 0.264 e. The van der Waals surface area contributed by atoms with Gasteiger partial charge in [-0.1, -0.05) is 12.2 Å². The third-order valence-corrected chi connectivity index (χ3v) is 5.87. The van der Waals surface area contributed by atoms with Crippen LogP contribution in [0.4, 0.5) is 11.6 Å². The maximum Gasteiger partial charge on any atom is 0.264 e. The van der Waals surface area contributed by atoms with Gasteiger partial charge in [-0.3, -0.25) is 4.79 Å². The van der Waals surface area contributed by atoms with Crippen molar-refractivity contribution in [3.63, 3.8) is 0 Å². The van der Waals surface area contributed by atoms with Crippen molar-refractivity contribution >= 4 is 33.5 Å². The van der Waals surface area contributed by atoms with Gasteiger partial charge in [0.05, 0.1) is 10.8 Å². The highest BCUT2D eigenvalue weighted by Gasteiger charge is 2.29. The summed E-state index contributed by atoms with van der Waals surface area (Å²) in [5.74, 6) is -3.39. The number of nitrogens with one attached hydrogen (secondary N) is 2. The maximum absolute atomic E-state index is 12.5. The fourth-order valence-corrected chi connectivity index (χ4v) is 3.94. The van der Waals surface area contributed by atoms with E-state index in [9.17, 15) is 23.1 Å². The number of rotatable bonds is 6. The molecule has 0 saturated heterocycles. The maximum atomic E-state index is 12.5. The lowest BCUT2D eigenvalue weighted by Crippen LogP contribution is -2.41. The Morgan fingerprint density at radius 3 is 2.34 bits per heavy atom. The number of hydrogen-bond donors (Lipinski definition) is 2. The minimum absolute atomic E-state index is 0.0335. The molecule has 0 spiro atoms. The van der Waals surface area contributed by atoms with Gasteiger partial charge in [-0.25, -0.2) is 23.1 Å². The lowest BCUT2D eigenvalue weighted by Gasteiger charge is -2.28. The van der Waals surface area contributed by atoms with Crippen LogP contribution in [0.5, 0.6) is 0 Å². The molecule has 29 heavy (non-hydrogen) atoms. The first-order valence-corrected chi connectivity index (χ1v) is 10.3. The molecule has 2 atom stereocenters. The van der Waals surface area contributed by atoms with Crippen LogP contribution in [0.1, 0.15) is 18.5 Å². The van der Waals surface area contributed by atoms with E-state index in [2.05, 4.69) is 20.0 Å². The van der Waals surface area contributed by atoms with Crippen LogP contribution >= 0.6 is 0 Å². The zero-order valence-corrected chi connectivity index (χ0v) is 16.3. The molecule has 1 aromatic carbocycles. The monoisotopic (exact) mass is 415 g/mol. The van der Waals surface area contributed by atoms with Crippen LogP contribution in [0.15, 0.2) is 53.6 Å². The van der Waals surface area contributed by atoms with Gasteiger partial charge in [0, 0.05) is 29.5 Å². The standard InChI is InChI=1S/C19H20N4O5S/c1-12-10-11-20-19(21-12)23-29(27,28)14-8-6-13(7-9-14)22-17(24)15-4-2-3-5-16(15)18(25)26/h2-3,6-11,15-16H,4-5H2,1H3,(H,22,24)(H,25,26)(H,20,21,23)/p-1. The van der Waals surface area contributed by atoms with Gasteiger partial charge in [-0.15, -0.1) is 0 Å². The van der Waals surface area contributed by atoms with Gasteiger partial charge < -0.3 is 15.2 Å². The van der Waals surface area contributed by atoms with E-state index < -0.39 is 33.7 Å². The molecule has 1 amide bonds. The summed E-state index contributed by atoms with van der Waals surface area (Å²) in [7, 11) is -3.90. The molecule has 0 bridgehead atoms. The number of aryl methyl sites for hydroxylation is 1. The number of carboxylic acid groups (broad SMARTS) is 1. The SMILES string of the molecule is Cc1ccnc(NS(=O)(=O)c2ccc(NC(=O)C3CC=CCC3C(=O)[O-])cc2)n1. The average molecular weight is 415 g/mol. The summed E-state index contributed by atoms with van der Waals surface area (Å²) in [6.45, 7) is 1.71. The van der Waals surface area contributed by atoms with Gasteiger partial charge in [0.25, 0.3) is 10.0 Å². The van der Waals surface area contributed by atoms with Gasteiger partial charge in [0.15, 0.2) is 0 Å². The summed E-state index contributed by atoms with van der Waals surface area (Å²) < 4.78 is 27.2. The summed E-state index contributed by atoms with van der Waals surface area (Å²) in [4.78, 5) is 31.5. The Hall–Kier alpha value is -3.27. The van der Waals surface area contributed by atoms with Gasteiger partial charge in [0.1, 0.15) is 0 Å². The Kier molecular flexibility index (Phi) is 5.92. The summed E-state index contributed by atoms with van der Waals surface area (Å²) in [5, 5.41) is 13.9. The summed E-state index contributed by atoms with van der Waals surface area (Å²) in [6.07, 6.45) is 5.47. The van der Waals surface area contributed by atoms with Crippen molar-refractivity contribution in [1.29, 1.82) is 0 Å². The molecule has 152 valence electrons. The number of anilines is 2. The van der Waals surface area contributed by atoms with Crippen LogP contribution < -0.4 is 15.1 Å². The highest BCUT2D eigenvalue weighted by molar-refractivity contribution is 7.92. The molecule has 10 heteroatoms. The normalized spacial score (nSPS) is 18.8. The third kappa shape index (κ3) is 4.96. The second-order valence-electron chi connectivity index (χ2n) is 6.62. The van der Waals surface area contributed by atoms with Crippen molar-refractivity contribution in [2.75, 3.05) is 10.0 Å². The first-order valence-electron chi connectivity index (χ1n) is 8.85. The van der Waals surface area contributed by atoms with E-state index >= 15 is 0 Å². The molecule has 3 rings (SSSR count). The van der Waals surface area contributed by atoms with Crippen molar-refractivity contribution in [3.8, 4) is 0 Å². The first kappa shape index (κ1) is 20.5. The van der Waals surface area contributed by atoms with Crippen molar-refractivity contribution in [2.24, 2.45) is 11.8 Å². The molecule has 1 heterocycles. The molecule has 1 aliphatic carbocycles. The number of carbonyl (C=O) groups excluding carboxylic acids is 2. The fraction of sp³-hybridized carbons (Fsp3) is 0.263. The molecule has 0 saturated carbocycles. The molecule has 2 aromatic rings. The number of amides is 1. The summed E-state index contributed by atoms with van der Waals surface area (Å²) in [5.41, 5.74) is 0.968. The van der Waals surface area contributed by atoms with Crippen LogP contribution in [0, 0.1) is 18.8 Å². The van der Waals surface area contributed by atoms with E-state index in [1.807, 2.05) is 0 Å². The second kappa shape index (κ2) is 8.39. The van der Waals surface area contributed by atoms with Crippen molar-refractivity contribution in [3.05, 3.63) is 54.4 Å². The molecule has 1 aromatic heterocycles. The predicted molar refractivity (Wildman–Crippen MR) is 103 cm³/mol. The quantitative estimate of drug-likeness (QED) is 0.666. The number of carbonyl (C=O) groups is 2. The van der Waals surface area contributed by atoms with Gasteiger partial charge in [-0.2, -0.15) is 0 Å². The van der Waals surface area contributed by atoms with Crippen LogP contribution in [0.2, 0.25) is 0 Å². The van der Waals surface area contributed by atoms with Gasteiger partial charge >= 0.3 is 0 Å². The van der Waals surface area contributed by atoms with Crippen LogP contribution in [-0.2, 0) is 19.6 Å². The number of benzene rings is 1. The molecule has 0 radical (unpaired) electrons. The molecule has 2 unspecified atom stereocenters. The van der Waals surface area contributed by atoms with E-state index in [4.69, 9.17) is 0 Å². The number of sulfonamides is 1. The Morgan fingerprint density at radius 1 is 1.07 bits per heavy atom. The van der Waals surface area contributed by atoms with E-state index in [0.717, 1.165) is 0 Å². The van der Waals surface area contributed by atoms with Crippen LogP contribution in [0.3, 0.4) is 0 Å². The summed E-state index contributed by atoms with van der Waals surface area (Å²) in [6, 6.07) is 7.14. The molecule has 0 fully saturated rings. The fourth-order valence-electron chi connectivity index (χ4n) is 2.99. The topological polar surface area (TPSA) is 141 Å². The third-order valence-electron chi connectivity index (χ3n) is 4.52. The minimum atomic E-state index is -3.90. The molecule has 9 nitrogen and oxygen atoms in total. The van der Waals surface area contributed by atoms with Crippen molar-refractivity contribution < 1.29 is 23.1 Å². The molecule has 2 N–H and O–H groups in total. The number of nitrogens with zero attached hydrogens (tertiary/aromatic N) is 2. The lowest BCUT2D eigenvalue weighted by molar-refractivity contribution is -0.313. The number of allylic oxidation sites excluding steroid dienone is 2. The lowest BCUT2D eigenvalue weighted by atomic mass is 9.82. The highest BCUT2D eigenvalue weighted by Crippen LogP contribution is 2.27.